The Morgan fingerprint density at radius 2 is 1.77 bits per heavy atom. The number of methoxy groups -OCH3 is 1. The van der Waals surface area contributed by atoms with Gasteiger partial charge >= 0.3 is 5.69 Å². The predicted octanol–water partition coefficient (Wildman–Crippen LogP) is 1.59. The van der Waals surface area contributed by atoms with Crippen molar-refractivity contribution in [2.75, 3.05) is 7.11 Å². The van der Waals surface area contributed by atoms with E-state index in [0.29, 0.717) is 22.8 Å². The van der Waals surface area contributed by atoms with Crippen LogP contribution in [-0.4, -0.2) is 36.9 Å². The van der Waals surface area contributed by atoms with E-state index in [0.717, 1.165) is 4.57 Å². The first-order valence-electron chi connectivity index (χ1n) is 9.16. The minimum absolute atomic E-state index is 0.153. The average molecular weight is 405 g/mol. The standard InChI is InChI=1S/C21H19N5O4/c1-12-9-13(2)26(23-12)19(27)14-10-17-18(22-11-14)25(21(29)24(3)20(17)28)15-5-7-16(30-4)8-6-15/h5-11H,1-4H3. The van der Waals surface area contributed by atoms with E-state index in [1.807, 2.05) is 0 Å². The molecular formula is C21H19N5O4. The lowest BCUT2D eigenvalue weighted by molar-refractivity contribution is 0.0942. The number of pyridine rings is 1. The summed E-state index contributed by atoms with van der Waals surface area (Å²) >= 11 is 0. The highest BCUT2D eigenvalue weighted by Gasteiger charge is 2.18. The molecule has 0 unspecified atom stereocenters. The fourth-order valence-corrected chi connectivity index (χ4v) is 3.34. The third-order valence-corrected chi connectivity index (χ3v) is 4.87. The average Bonchev–Trinajstić information content (AvgIpc) is 3.10. The maximum Gasteiger partial charge on any atom is 0.337 e. The van der Waals surface area contributed by atoms with Gasteiger partial charge in [-0.25, -0.2) is 19.0 Å². The SMILES string of the molecule is COc1ccc(-n2c(=O)n(C)c(=O)c3cc(C(=O)n4nc(C)cc4C)cnc32)cc1. The summed E-state index contributed by atoms with van der Waals surface area (Å²) in [6.45, 7) is 3.56. The molecule has 30 heavy (non-hydrogen) atoms. The van der Waals surface area contributed by atoms with Crippen molar-refractivity contribution in [3.8, 4) is 11.4 Å². The second-order valence-corrected chi connectivity index (χ2v) is 6.92. The van der Waals surface area contributed by atoms with Crippen LogP contribution in [0.25, 0.3) is 16.7 Å². The number of fused-ring (bicyclic) bond motifs is 1. The zero-order valence-corrected chi connectivity index (χ0v) is 16.9. The topological polar surface area (TPSA) is 101 Å². The number of nitrogens with zero attached hydrogens (tertiary/aromatic N) is 5. The molecule has 0 saturated heterocycles. The van der Waals surface area contributed by atoms with Crippen molar-refractivity contribution in [2.45, 2.75) is 13.8 Å². The van der Waals surface area contributed by atoms with Gasteiger partial charge in [0.25, 0.3) is 11.5 Å². The molecule has 152 valence electrons. The van der Waals surface area contributed by atoms with Gasteiger partial charge in [-0.1, -0.05) is 0 Å². The number of hydrogen-bond donors (Lipinski definition) is 0. The van der Waals surface area contributed by atoms with Crippen LogP contribution in [0, 0.1) is 13.8 Å². The Hall–Kier alpha value is -4.01. The Kier molecular flexibility index (Phi) is 4.57. The van der Waals surface area contributed by atoms with Gasteiger partial charge in [-0.15, -0.1) is 0 Å². The van der Waals surface area contributed by atoms with Gasteiger partial charge < -0.3 is 4.74 Å². The maximum atomic E-state index is 12.9. The molecule has 9 nitrogen and oxygen atoms in total. The number of benzene rings is 1. The van der Waals surface area contributed by atoms with E-state index in [2.05, 4.69) is 10.1 Å². The Morgan fingerprint density at radius 1 is 1.07 bits per heavy atom. The van der Waals surface area contributed by atoms with Crippen molar-refractivity contribution in [3.05, 3.63) is 80.4 Å². The van der Waals surface area contributed by atoms with Crippen LogP contribution in [0.2, 0.25) is 0 Å². The third kappa shape index (κ3) is 3.00. The van der Waals surface area contributed by atoms with Gasteiger partial charge in [-0.3, -0.25) is 14.2 Å². The zero-order chi connectivity index (χ0) is 21.6. The number of aryl methyl sites for hydroxylation is 2. The minimum Gasteiger partial charge on any atom is -0.497 e. The molecule has 4 aromatic rings. The normalized spacial score (nSPS) is 11.1. The fraction of sp³-hybridized carbons (Fsp3) is 0.190. The molecule has 0 radical (unpaired) electrons. The summed E-state index contributed by atoms with van der Waals surface area (Å²) in [6, 6.07) is 10.0. The van der Waals surface area contributed by atoms with Gasteiger partial charge in [-0.05, 0) is 50.2 Å². The lowest BCUT2D eigenvalue weighted by atomic mass is 10.2. The smallest absolute Gasteiger partial charge is 0.337 e. The summed E-state index contributed by atoms with van der Waals surface area (Å²) in [4.78, 5) is 42.8. The van der Waals surface area contributed by atoms with Gasteiger partial charge in [0.05, 0.1) is 29.4 Å². The second-order valence-electron chi connectivity index (χ2n) is 6.92. The molecule has 0 aliphatic rings. The molecule has 3 heterocycles. The number of rotatable bonds is 3. The Morgan fingerprint density at radius 3 is 2.37 bits per heavy atom. The number of carbonyl (C=O) groups excluding carboxylic acids is 1. The van der Waals surface area contributed by atoms with Gasteiger partial charge in [-0.2, -0.15) is 5.10 Å². The van der Waals surface area contributed by atoms with Gasteiger partial charge in [0, 0.05) is 18.9 Å². The van der Waals surface area contributed by atoms with Crippen LogP contribution in [0.1, 0.15) is 21.7 Å². The highest BCUT2D eigenvalue weighted by Crippen LogP contribution is 2.18. The summed E-state index contributed by atoms with van der Waals surface area (Å²) in [5, 5.41) is 4.34. The lowest BCUT2D eigenvalue weighted by Gasteiger charge is -2.12. The van der Waals surface area contributed by atoms with E-state index in [1.165, 1.54) is 28.6 Å². The molecule has 0 fully saturated rings. The molecule has 0 atom stereocenters. The largest absolute Gasteiger partial charge is 0.497 e. The molecule has 0 bridgehead atoms. The van der Waals surface area contributed by atoms with Crippen LogP contribution in [-0.2, 0) is 7.05 Å². The highest BCUT2D eigenvalue weighted by molar-refractivity contribution is 5.98. The molecule has 0 aliphatic heterocycles. The second kappa shape index (κ2) is 7.11. The van der Waals surface area contributed by atoms with Crippen LogP contribution >= 0.6 is 0 Å². The summed E-state index contributed by atoms with van der Waals surface area (Å²) in [5.41, 5.74) is 1.20. The number of aromatic nitrogens is 5. The van der Waals surface area contributed by atoms with Crippen molar-refractivity contribution in [1.29, 1.82) is 0 Å². The summed E-state index contributed by atoms with van der Waals surface area (Å²) in [7, 11) is 2.94. The van der Waals surface area contributed by atoms with Gasteiger partial charge in [0.15, 0.2) is 5.65 Å². The van der Waals surface area contributed by atoms with E-state index in [9.17, 15) is 14.4 Å². The van der Waals surface area contributed by atoms with E-state index in [4.69, 9.17) is 4.74 Å². The zero-order valence-electron chi connectivity index (χ0n) is 16.9. The first-order valence-corrected chi connectivity index (χ1v) is 9.16. The number of ether oxygens (including phenoxy) is 1. The maximum absolute atomic E-state index is 12.9. The van der Waals surface area contributed by atoms with E-state index >= 15 is 0 Å². The molecule has 0 N–H and O–H groups in total. The molecule has 0 aliphatic carbocycles. The van der Waals surface area contributed by atoms with Crippen LogP contribution in [0.5, 0.6) is 5.75 Å². The Bertz CT molecular complexity index is 1410. The molecule has 0 saturated carbocycles. The monoisotopic (exact) mass is 405 g/mol. The molecule has 0 amide bonds. The van der Waals surface area contributed by atoms with Crippen molar-refractivity contribution in [3.63, 3.8) is 0 Å². The Balaban J connectivity index is 1.95. The predicted molar refractivity (Wildman–Crippen MR) is 111 cm³/mol. The minimum atomic E-state index is -0.539. The molecule has 9 heteroatoms. The van der Waals surface area contributed by atoms with Crippen molar-refractivity contribution in [1.82, 2.24) is 23.9 Å². The quantitative estimate of drug-likeness (QED) is 0.513. The molecule has 3 aromatic heterocycles. The first kappa shape index (κ1) is 19.3. The molecule has 1 aromatic carbocycles. The van der Waals surface area contributed by atoms with Crippen LogP contribution in [0.3, 0.4) is 0 Å². The highest BCUT2D eigenvalue weighted by atomic mass is 16.5. The van der Waals surface area contributed by atoms with Crippen molar-refractivity contribution < 1.29 is 9.53 Å². The van der Waals surface area contributed by atoms with Crippen LogP contribution in [0.15, 0.2) is 52.2 Å². The van der Waals surface area contributed by atoms with E-state index in [-0.39, 0.29) is 16.6 Å². The number of hydrogen-bond acceptors (Lipinski definition) is 6. The first-order chi connectivity index (χ1) is 14.3. The Labute approximate surface area is 170 Å². The van der Waals surface area contributed by atoms with Crippen LogP contribution < -0.4 is 16.0 Å². The third-order valence-electron chi connectivity index (χ3n) is 4.87. The fourth-order valence-electron chi connectivity index (χ4n) is 3.34. The summed E-state index contributed by atoms with van der Waals surface area (Å²) < 4.78 is 8.74. The molecule has 0 spiro atoms. The summed E-state index contributed by atoms with van der Waals surface area (Å²) in [6.07, 6.45) is 1.35. The van der Waals surface area contributed by atoms with Crippen molar-refractivity contribution >= 4 is 16.9 Å². The molecular weight excluding hydrogens is 386 g/mol. The van der Waals surface area contributed by atoms with Gasteiger partial charge in [0.1, 0.15) is 5.75 Å². The summed E-state index contributed by atoms with van der Waals surface area (Å²) in [5.74, 6) is 0.228. The van der Waals surface area contributed by atoms with Crippen molar-refractivity contribution in [2.24, 2.45) is 7.05 Å². The van der Waals surface area contributed by atoms with E-state index in [1.54, 1.807) is 51.3 Å². The lowest BCUT2D eigenvalue weighted by Crippen LogP contribution is -2.38. The van der Waals surface area contributed by atoms with Crippen LogP contribution in [0.4, 0.5) is 0 Å². The molecule has 4 rings (SSSR count). The van der Waals surface area contributed by atoms with Gasteiger partial charge in [0.2, 0.25) is 0 Å². The number of carbonyl (C=O) groups is 1. The van der Waals surface area contributed by atoms with E-state index < -0.39 is 17.2 Å².